The molecule has 1 aliphatic rings. The molecule has 3 atom stereocenters. The number of hydrogen-bond acceptors (Lipinski definition) is 5. The number of carbonyl (C=O) groups is 2. The number of aliphatic hydroxyl groups excluding tert-OH is 2. The number of carbonyl (C=O) groups excluding carboxylic acids is 2. The van der Waals surface area contributed by atoms with Crippen molar-refractivity contribution in [2.24, 2.45) is 5.92 Å². The molecule has 0 spiro atoms. The molecule has 0 radical (unpaired) electrons. The first-order valence-corrected chi connectivity index (χ1v) is 8.69. The van der Waals surface area contributed by atoms with E-state index in [4.69, 9.17) is 5.11 Å². The smallest absolute Gasteiger partial charge is 0.305 e. The first kappa shape index (κ1) is 19.3. The van der Waals surface area contributed by atoms with Crippen LogP contribution in [0.25, 0.3) is 0 Å². The van der Waals surface area contributed by atoms with Crippen LogP contribution in [-0.4, -0.2) is 35.2 Å². The van der Waals surface area contributed by atoms with Gasteiger partial charge in [-0.05, 0) is 30.4 Å². The van der Waals surface area contributed by atoms with Gasteiger partial charge in [0, 0.05) is 24.7 Å². The van der Waals surface area contributed by atoms with E-state index in [2.05, 4.69) is 4.74 Å². The molecule has 2 N–H and O–H groups in total. The summed E-state index contributed by atoms with van der Waals surface area (Å²) < 4.78 is 4.59. The Morgan fingerprint density at radius 2 is 2.00 bits per heavy atom. The summed E-state index contributed by atoms with van der Waals surface area (Å²) in [7, 11) is 1.38. The van der Waals surface area contributed by atoms with Crippen LogP contribution in [-0.2, 0) is 20.9 Å². The van der Waals surface area contributed by atoms with Crippen LogP contribution in [0.2, 0.25) is 0 Å². The van der Waals surface area contributed by atoms with E-state index < -0.39 is 6.10 Å². The molecule has 0 bridgehead atoms. The molecule has 5 nitrogen and oxygen atoms in total. The van der Waals surface area contributed by atoms with Crippen molar-refractivity contribution in [2.75, 3.05) is 7.11 Å². The molecule has 1 aromatic carbocycles. The van der Waals surface area contributed by atoms with Crippen molar-refractivity contribution in [3.05, 3.63) is 47.5 Å². The molecule has 0 aromatic heterocycles. The van der Waals surface area contributed by atoms with Crippen molar-refractivity contribution in [1.82, 2.24) is 0 Å². The zero-order valence-corrected chi connectivity index (χ0v) is 14.6. The fraction of sp³-hybridized carbons (Fsp3) is 0.500. The Balaban J connectivity index is 1.94. The van der Waals surface area contributed by atoms with Crippen LogP contribution in [0.5, 0.6) is 0 Å². The highest BCUT2D eigenvalue weighted by Gasteiger charge is 2.41. The number of benzene rings is 1. The van der Waals surface area contributed by atoms with E-state index >= 15 is 0 Å². The number of aliphatic hydroxyl groups is 2. The van der Waals surface area contributed by atoms with E-state index in [-0.39, 0.29) is 36.6 Å². The van der Waals surface area contributed by atoms with Gasteiger partial charge in [0.2, 0.25) is 0 Å². The molecule has 0 amide bonds. The summed E-state index contributed by atoms with van der Waals surface area (Å²) in [6.07, 6.45) is 5.92. The monoisotopic (exact) mass is 346 g/mol. The van der Waals surface area contributed by atoms with E-state index in [0.29, 0.717) is 12.8 Å². The van der Waals surface area contributed by atoms with Crippen molar-refractivity contribution in [1.29, 1.82) is 0 Å². The molecule has 1 saturated carbocycles. The number of ether oxygens (including phenoxy) is 1. The van der Waals surface area contributed by atoms with Gasteiger partial charge < -0.3 is 14.9 Å². The van der Waals surface area contributed by atoms with Gasteiger partial charge in [-0.1, -0.05) is 36.4 Å². The largest absolute Gasteiger partial charge is 0.469 e. The second-order valence-corrected chi connectivity index (χ2v) is 6.45. The van der Waals surface area contributed by atoms with Crippen molar-refractivity contribution < 1.29 is 24.5 Å². The number of ketones is 1. The van der Waals surface area contributed by atoms with Crippen LogP contribution < -0.4 is 0 Å². The Bertz CT molecular complexity index is 605. The highest BCUT2D eigenvalue weighted by Crippen LogP contribution is 2.39. The molecule has 5 heteroatoms. The van der Waals surface area contributed by atoms with Crippen molar-refractivity contribution in [3.63, 3.8) is 0 Å². The minimum Gasteiger partial charge on any atom is -0.469 e. The lowest BCUT2D eigenvalue weighted by Gasteiger charge is -2.20. The third kappa shape index (κ3) is 5.25. The highest BCUT2D eigenvalue weighted by molar-refractivity contribution is 5.85. The number of methoxy groups -OCH3 is 1. The molecule has 1 aliphatic carbocycles. The summed E-state index contributed by atoms with van der Waals surface area (Å²) in [6, 6.07) is 7.41. The Morgan fingerprint density at radius 3 is 2.64 bits per heavy atom. The van der Waals surface area contributed by atoms with Crippen molar-refractivity contribution >= 4 is 11.8 Å². The van der Waals surface area contributed by atoms with Gasteiger partial charge in [-0.25, -0.2) is 0 Å². The van der Waals surface area contributed by atoms with Gasteiger partial charge in [0.05, 0.1) is 19.8 Å². The number of esters is 1. The predicted molar refractivity (Wildman–Crippen MR) is 93.9 cm³/mol. The zero-order valence-electron chi connectivity index (χ0n) is 14.6. The average Bonchev–Trinajstić information content (AvgIpc) is 2.91. The molecule has 0 aliphatic heterocycles. The Labute approximate surface area is 148 Å². The van der Waals surface area contributed by atoms with Crippen LogP contribution in [0.4, 0.5) is 0 Å². The quantitative estimate of drug-likeness (QED) is 0.429. The van der Waals surface area contributed by atoms with Crippen LogP contribution in [0.15, 0.2) is 36.4 Å². The molecule has 3 unspecified atom stereocenters. The topological polar surface area (TPSA) is 83.8 Å². The molecular weight excluding hydrogens is 320 g/mol. The fourth-order valence-electron chi connectivity index (χ4n) is 3.36. The molecule has 25 heavy (non-hydrogen) atoms. The first-order chi connectivity index (χ1) is 12.1. The predicted octanol–water partition coefficient (Wildman–Crippen LogP) is 2.50. The Morgan fingerprint density at radius 1 is 1.28 bits per heavy atom. The number of Topliss-reactive ketones (excluding diaryl/α,β-unsaturated/α-hetero) is 1. The molecular formula is C20H26O5. The number of allylic oxidation sites excluding steroid dienone is 2. The zero-order chi connectivity index (χ0) is 18.2. The SMILES string of the molecule is COC(=O)CCC/C=C/CC1C(=O)CC(O)C1c1ccc(CO)cc1. The Kier molecular flexibility index (Phi) is 7.34. The summed E-state index contributed by atoms with van der Waals surface area (Å²) in [5, 5.41) is 19.4. The Hall–Kier alpha value is -1.98. The average molecular weight is 346 g/mol. The maximum Gasteiger partial charge on any atom is 0.305 e. The number of unbranched alkanes of at least 4 members (excludes halogenated alkanes) is 1. The van der Waals surface area contributed by atoms with Crippen LogP contribution in [0.1, 0.15) is 49.1 Å². The maximum atomic E-state index is 12.2. The van der Waals surface area contributed by atoms with Gasteiger partial charge in [0.1, 0.15) is 5.78 Å². The first-order valence-electron chi connectivity index (χ1n) is 8.69. The van der Waals surface area contributed by atoms with Gasteiger partial charge in [-0.2, -0.15) is 0 Å². The van der Waals surface area contributed by atoms with Gasteiger partial charge in [0.25, 0.3) is 0 Å². The molecule has 136 valence electrons. The number of rotatable bonds is 8. The maximum absolute atomic E-state index is 12.2. The van der Waals surface area contributed by atoms with Gasteiger partial charge >= 0.3 is 5.97 Å². The van der Waals surface area contributed by atoms with E-state index in [9.17, 15) is 14.7 Å². The third-order valence-electron chi connectivity index (χ3n) is 4.76. The van der Waals surface area contributed by atoms with Crippen LogP contribution in [0, 0.1) is 5.92 Å². The molecule has 0 saturated heterocycles. The minimum atomic E-state index is -0.662. The molecule has 1 fully saturated rings. The van der Waals surface area contributed by atoms with Crippen LogP contribution in [0.3, 0.4) is 0 Å². The fourth-order valence-corrected chi connectivity index (χ4v) is 3.36. The van der Waals surface area contributed by atoms with E-state index in [1.807, 2.05) is 36.4 Å². The van der Waals surface area contributed by atoms with Gasteiger partial charge in [-0.15, -0.1) is 0 Å². The molecule has 2 rings (SSSR count). The van der Waals surface area contributed by atoms with E-state index in [0.717, 1.165) is 24.0 Å². The summed E-state index contributed by atoms with van der Waals surface area (Å²) in [4.78, 5) is 23.3. The van der Waals surface area contributed by atoms with Crippen molar-refractivity contribution in [2.45, 2.75) is 50.7 Å². The summed E-state index contributed by atoms with van der Waals surface area (Å²) in [5.41, 5.74) is 1.74. The van der Waals surface area contributed by atoms with E-state index in [1.54, 1.807) is 0 Å². The lowest BCUT2D eigenvalue weighted by molar-refractivity contribution is -0.140. The summed E-state index contributed by atoms with van der Waals surface area (Å²) >= 11 is 0. The number of hydrogen-bond donors (Lipinski definition) is 2. The second kappa shape index (κ2) is 9.49. The third-order valence-corrected chi connectivity index (χ3v) is 4.76. The minimum absolute atomic E-state index is 0.0236. The highest BCUT2D eigenvalue weighted by atomic mass is 16.5. The lowest BCUT2D eigenvalue weighted by atomic mass is 9.85. The second-order valence-electron chi connectivity index (χ2n) is 6.45. The van der Waals surface area contributed by atoms with Crippen molar-refractivity contribution in [3.8, 4) is 0 Å². The summed E-state index contributed by atoms with van der Waals surface area (Å²) in [5.74, 6) is -0.566. The standard InChI is InChI=1S/C20H26O5/c1-25-19(24)7-5-3-2-4-6-16-17(22)12-18(23)20(16)15-10-8-14(13-21)9-11-15/h2,4,8-11,16,18,20-21,23H,3,5-7,12-13H2,1H3/b4-2+. The van der Waals surface area contributed by atoms with Gasteiger partial charge in [0.15, 0.2) is 0 Å². The lowest BCUT2D eigenvalue weighted by Crippen LogP contribution is -2.18. The van der Waals surface area contributed by atoms with E-state index in [1.165, 1.54) is 7.11 Å². The molecule has 0 heterocycles. The van der Waals surface area contributed by atoms with Gasteiger partial charge in [-0.3, -0.25) is 9.59 Å². The van der Waals surface area contributed by atoms with Crippen LogP contribution >= 0.6 is 0 Å². The summed E-state index contributed by atoms with van der Waals surface area (Å²) in [6.45, 7) is -0.0236. The molecule has 1 aromatic rings. The normalized spacial score (nSPS) is 23.3.